The summed E-state index contributed by atoms with van der Waals surface area (Å²) in [5, 5.41) is 0. The van der Waals surface area contributed by atoms with Gasteiger partial charge in [-0.05, 0) is 31.6 Å². The number of nitrogens with zero attached hydrogens (tertiary/aromatic N) is 1. The van der Waals surface area contributed by atoms with E-state index in [0.29, 0.717) is 6.04 Å². The van der Waals surface area contributed by atoms with E-state index in [2.05, 4.69) is 6.92 Å². The van der Waals surface area contributed by atoms with Crippen LogP contribution in [0.4, 0.5) is 0 Å². The van der Waals surface area contributed by atoms with Crippen LogP contribution in [0.2, 0.25) is 0 Å². The predicted molar refractivity (Wildman–Crippen MR) is 56.1 cm³/mol. The number of amides is 1. The molecule has 82 valence electrons. The van der Waals surface area contributed by atoms with Gasteiger partial charge in [-0.1, -0.05) is 6.92 Å². The van der Waals surface area contributed by atoms with Crippen molar-refractivity contribution >= 4 is 5.91 Å². The fraction of sp³-hybridized carbons (Fsp3) is 0.909. The molecule has 0 aromatic heterocycles. The van der Waals surface area contributed by atoms with Gasteiger partial charge in [0.25, 0.3) is 0 Å². The Labute approximate surface area is 86.4 Å². The van der Waals surface area contributed by atoms with E-state index >= 15 is 0 Å². The average molecular weight is 199 g/mol. The summed E-state index contributed by atoms with van der Waals surface area (Å²) in [5.74, 6) is 0.934. The molecule has 0 saturated heterocycles. The third kappa shape index (κ3) is 2.98. The Bertz CT molecular complexity index is 186. The van der Waals surface area contributed by atoms with Crippen molar-refractivity contribution in [3.63, 3.8) is 0 Å². The fourth-order valence-corrected chi connectivity index (χ4v) is 2.06. The Hall–Kier alpha value is -0.570. The predicted octanol–water partition coefficient (Wildman–Crippen LogP) is 1.67. The van der Waals surface area contributed by atoms with Crippen molar-refractivity contribution < 1.29 is 9.53 Å². The van der Waals surface area contributed by atoms with Gasteiger partial charge in [0.1, 0.15) is 6.61 Å². The molecule has 0 heterocycles. The normalized spacial score (nSPS) is 27.4. The maximum atomic E-state index is 11.5. The molecular formula is C11H21NO2. The summed E-state index contributed by atoms with van der Waals surface area (Å²) in [4.78, 5) is 13.4. The van der Waals surface area contributed by atoms with E-state index < -0.39 is 0 Å². The second kappa shape index (κ2) is 5.35. The first-order valence-electron chi connectivity index (χ1n) is 5.39. The number of carbonyl (C=O) groups is 1. The van der Waals surface area contributed by atoms with Crippen LogP contribution in [0.15, 0.2) is 0 Å². The van der Waals surface area contributed by atoms with Gasteiger partial charge in [0.15, 0.2) is 0 Å². The molecule has 14 heavy (non-hydrogen) atoms. The van der Waals surface area contributed by atoms with Crippen LogP contribution in [-0.2, 0) is 9.53 Å². The Kier molecular flexibility index (Phi) is 4.39. The molecule has 0 aliphatic heterocycles. The number of ether oxygens (including phenoxy) is 1. The maximum absolute atomic E-state index is 11.5. The van der Waals surface area contributed by atoms with Crippen LogP contribution < -0.4 is 0 Å². The maximum Gasteiger partial charge on any atom is 0.248 e. The summed E-state index contributed by atoms with van der Waals surface area (Å²) >= 11 is 0. The second-order valence-corrected chi connectivity index (χ2v) is 4.35. The van der Waals surface area contributed by atoms with Gasteiger partial charge < -0.3 is 9.64 Å². The van der Waals surface area contributed by atoms with Crippen LogP contribution in [0, 0.1) is 5.92 Å². The van der Waals surface area contributed by atoms with Gasteiger partial charge in [0.05, 0.1) is 0 Å². The van der Waals surface area contributed by atoms with Crippen molar-refractivity contribution in [2.75, 3.05) is 20.8 Å². The van der Waals surface area contributed by atoms with E-state index in [1.54, 1.807) is 7.11 Å². The Morgan fingerprint density at radius 1 is 1.36 bits per heavy atom. The minimum absolute atomic E-state index is 0.104. The summed E-state index contributed by atoms with van der Waals surface area (Å²) in [6, 6.07) is 0.439. The molecule has 3 nitrogen and oxygen atoms in total. The van der Waals surface area contributed by atoms with E-state index in [0.717, 1.165) is 18.8 Å². The molecule has 0 bridgehead atoms. The van der Waals surface area contributed by atoms with Gasteiger partial charge in [0.2, 0.25) is 5.91 Å². The quantitative estimate of drug-likeness (QED) is 0.692. The monoisotopic (exact) mass is 199 g/mol. The van der Waals surface area contributed by atoms with Gasteiger partial charge in [-0.2, -0.15) is 0 Å². The first-order valence-corrected chi connectivity index (χ1v) is 5.39. The lowest BCUT2D eigenvalue weighted by molar-refractivity contribution is -0.136. The number of carbonyl (C=O) groups excluding carboxylic acids is 1. The molecule has 0 unspecified atom stereocenters. The van der Waals surface area contributed by atoms with Gasteiger partial charge >= 0.3 is 0 Å². The summed E-state index contributed by atoms with van der Waals surface area (Å²) in [5.41, 5.74) is 0. The van der Waals surface area contributed by atoms with Crippen molar-refractivity contribution in [3.8, 4) is 0 Å². The van der Waals surface area contributed by atoms with Crippen molar-refractivity contribution in [1.82, 2.24) is 4.90 Å². The van der Waals surface area contributed by atoms with Crippen LogP contribution in [0.5, 0.6) is 0 Å². The van der Waals surface area contributed by atoms with E-state index in [1.165, 1.54) is 12.8 Å². The second-order valence-electron chi connectivity index (χ2n) is 4.35. The van der Waals surface area contributed by atoms with Crippen molar-refractivity contribution in [1.29, 1.82) is 0 Å². The zero-order valence-corrected chi connectivity index (χ0v) is 9.45. The number of methoxy groups -OCH3 is 1. The van der Waals surface area contributed by atoms with Crippen LogP contribution in [0.3, 0.4) is 0 Å². The number of hydrogen-bond donors (Lipinski definition) is 0. The van der Waals surface area contributed by atoms with E-state index in [4.69, 9.17) is 4.74 Å². The minimum Gasteiger partial charge on any atom is -0.375 e. The topological polar surface area (TPSA) is 29.5 Å². The van der Waals surface area contributed by atoms with E-state index in [9.17, 15) is 4.79 Å². The summed E-state index contributed by atoms with van der Waals surface area (Å²) in [6.45, 7) is 2.50. The molecule has 1 fully saturated rings. The summed E-state index contributed by atoms with van der Waals surface area (Å²) in [6.07, 6.45) is 4.78. The molecule has 1 saturated carbocycles. The molecule has 1 aliphatic rings. The largest absolute Gasteiger partial charge is 0.375 e. The molecule has 0 aromatic carbocycles. The third-order valence-electron chi connectivity index (χ3n) is 3.19. The Morgan fingerprint density at radius 2 is 1.93 bits per heavy atom. The van der Waals surface area contributed by atoms with Gasteiger partial charge in [-0.3, -0.25) is 4.79 Å². The standard InChI is InChI=1S/C11H21NO2/c1-9-4-6-10(7-5-9)12(2)11(13)8-14-3/h9-10H,4-8H2,1-3H3. The molecule has 0 aromatic rings. The van der Waals surface area contributed by atoms with Gasteiger partial charge in [-0.25, -0.2) is 0 Å². The lowest BCUT2D eigenvalue weighted by Gasteiger charge is -2.33. The first-order chi connectivity index (χ1) is 6.65. The fourth-order valence-electron chi connectivity index (χ4n) is 2.06. The first kappa shape index (κ1) is 11.5. The van der Waals surface area contributed by atoms with Crippen molar-refractivity contribution in [2.45, 2.75) is 38.6 Å². The highest BCUT2D eigenvalue weighted by atomic mass is 16.5. The number of hydrogen-bond acceptors (Lipinski definition) is 2. The SMILES string of the molecule is COCC(=O)N(C)C1CCC(C)CC1. The van der Waals surface area contributed by atoms with Crippen LogP contribution >= 0.6 is 0 Å². The highest BCUT2D eigenvalue weighted by Gasteiger charge is 2.24. The number of rotatable bonds is 3. The van der Waals surface area contributed by atoms with Gasteiger partial charge in [0, 0.05) is 20.2 Å². The molecular weight excluding hydrogens is 178 g/mol. The minimum atomic E-state index is 0.104. The molecule has 1 rings (SSSR count). The lowest BCUT2D eigenvalue weighted by atomic mass is 9.87. The molecule has 1 aliphatic carbocycles. The van der Waals surface area contributed by atoms with E-state index in [-0.39, 0.29) is 12.5 Å². The third-order valence-corrected chi connectivity index (χ3v) is 3.19. The summed E-state index contributed by atoms with van der Waals surface area (Å²) < 4.78 is 4.85. The highest BCUT2D eigenvalue weighted by molar-refractivity contribution is 5.77. The molecule has 0 radical (unpaired) electrons. The van der Waals surface area contributed by atoms with Crippen molar-refractivity contribution in [2.24, 2.45) is 5.92 Å². The van der Waals surface area contributed by atoms with Crippen molar-refractivity contribution in [3.05, 3.63) is 0 Å². The molecule has 3 heteroatoms. The van der Waals surface area contributed by atoms with Crippen LogP contribution in [0.1, 0.15) is 32.6 Å². The Balaban J connectivity index is 2.37. The Morgan fingerprint density at radius 3 is 2.43 bits per heavy atom. The smallest absolute Gasteiger partial charge is 0.248 e. The molecule has 0 spiro atoms. The zero-order chi connectivity index (χ0) is 10.6. The number of likely N-dealkylation sites (N-methyl/N-ethyl adjacent to an activating group) is 1. The molecule has 0 atom stereocenters. The lowest BCUT2D eigenvalue weighted by Crippen LogP contribution is -2.40. The average Bonchev–Trinajstić information content (AvgIpc) is 2.18. The van der Waals surface area contributed by atoms with Gasteiger partial charge in [-0.15, -0.1) is 0 Å². The van der Waals surface area contributed by atoms with E-state index in [1.807, 2.05) is 11.9 Å². The van der Waals surface area contributed by atoms with Crippen LogP contribution in [-0.4, -0.2) is 37.6 Å². The van der Waals surface area contributed by atoms with Crippen LogP contribution in [0.25, 0.3) is 0 Å². The zero-order valence-electron chi connectivity index (χ0n) is 9.45. The summed E-state index contributed by atoms with van der Waals surface area (Å²) in [7, 11) is 3.46. The molecule has 1 amide bonds. The molecule has 0 N–H and O–H groups in total. The highest BCUT2D eigenvalue weighted by Crippen LogP contribution is 2.26.